The number of nitrogen functional groups attached to an aromatic ring is 1. The summed E-state index contributed by atoms with van der Waals surface area (Å²) in [5.41, 5.74) is 3.53. The van der Waals surface area contributed by atoms with Gasteiger partial charge in [0.2, 0.25) is 0 Å². The third-order valence-electron chi connectivity index (χ3n) is 2.35. The number of anilines is 1. The van der Waals surface area contributed by atoms with Crippen LogP contribution in [0, 0.1) is 0 Å². The minimum atomic E-state index is 0.236. The largest absolute Gasteiger partial charge is 0.308 e. The van der Waals surface area contributed by atoms with Crippen molar-refractivity contribution in [2.75, 3.05) is 5.43 Å². The quantitative estimate of drug-likeness (QED) is 0.667. The summed E-state index contributed by atoms with van der Waals surface area (Å²) in [7, 11) is 0. The third-order valence-corrected chi connectivity index (χ3v) is 2.75. The van der Waals surface area contributed by atoms with Gasteiger partial charge in [0.15, 0.2) is 5.82 Å². The number of nitrogens with two attached hydrogens (primary N) is 1. The van der Waals surface area contributed by atoms with Crippen molar-refractivity contribution in [2.24, 2.45) is 5.84 Å². The number of rotatable bonds is 3. The summed E-state index contributed by atoms with van der Waals surface area (Å²) in [6, 6.07) is 0. The van der Waals surface area contributed by atoms with Crippen LogP contribution < -0.4 is 11.3 Å². The SMILES string of the molecule is CC(C)c1c(NN)ncnc1-n1cc(Br)cn1. The Kier molecular flexibility index (Phi) is 3.39. The predicted octanol–water partition coefficient (Wildman–Crippen LogP) is 1.83. The summed E-state index contributed by atoms with van der Waals surface area (Å²) < 4.78 is 2.59. The van der Waals surface area contributed by atoms with Crippen molar-refractivity contribution in [3.8, 4) is 5.82 Å². The zero-order valence-electron chi connectivity index (χ0n) is 9.55. The molecule has 0 atom stereocenters. The molecule has 0 aliphatic carbocycles. The second-order valence-corrected chi connectivity index (χ2v) is 4.78. The zero-order valence-corrected chi connectivity index (χ0v) is 11.1. The van der Waals surface area contributed by atoms with Crippen molar-refractivity contribution in [1.82, 2.24) is 19.7 Å². The first-order valence-electron chi connectivity index (χ1n) is 5.15. The fourth-order valence-electron chi connectivity index (χ4n) is 1.63. The van der Waals surface area contributed by atoms with Gasteiger partial charge in [-0.05, 0) is 21.8 Å². The van der Waals surface area contributed by atoms with E-state index in [1.54, 1.807) is 10.9 Å². The Morgan fingerprint density at radius 2 is 2.18 bits per heavy atom. The molecular formula is C10H13BrN6. The maximum atomic E-state index is 5.46. The molecule has 2 heterocycles. The lowest BCUT2D eigenvalue weighted by Gasteiger charge is -2.14. The van der Waals surface area contributed by atoms with Gasteiger partial charge >= 0.3 is 0 Å². The molecule has 17 heavy (non-hydrogen) atoms. The minimum absolute atomic E-state index is 0.236. The molecule has 0 spiro atoms. The molecule has 90 valence electrons. The molecule has 0 radical (unpaired) electrons. The molecule has 6 nitrogen and oxygen atoms in total. The highest BCUT2D eigenvalue weighted by molar-refractivity contribution is 9.10. The van der Waals surface area contributed by atoms with Gasteiger partial charge in [-0.15, -0.1) is 0 Å². The molecule has 0 saturated carbocycles. The minimum Gasteiger partial charge on any atom is -0.308 e. The molecule has 0 bridgehead atoms. The lowest BCUT2D eigenvalue weighted by molar-refractivity contribution is 0.773. The van der Waals surface area contributed by atoms with Crippen LogP contribution in [-0.4, -0.2) is 19.7 Å². The topological polar surface area (TPSA) is 81.6 Å². The van der Waals surface area contributed by atoms with Crippen molar-refractivity contribution >= 4 is 21.7 Å². The molecule has 2 aromatic rings. The second-order valence-electron chi connectivity index (χ2n) is 3.86. The van der Waals surface area contributed by atoms with E-state index < -0.39 is 0 Å². The van der Waals surface area contributed by atoms with Gasteiger partial charge in [-0.3, -0.25) is 0 Å². The number of aromatic nitrogens is 4. The van der Waals surface area contributed by atoms with E-state index in [0.29, 0.717) is 5.82 Å². The molecule has 0 amide bonds. The molecule has 0 aliphatic heterocycles. The van der Waals surface area contributed by atoms with Crippen LogP contribution in [0.5, 0.6) is 0 Å². The van der Waals surface area contributed by atoms with Crippen LogP contribution in [0.25, 0.3) is 5.82 Å². The predicted molar refractivity (Wildman–Crippen MR) is 68.8 cm³/mol. The van der Waals surface area contributed by atoms with Crippen molar-refractivity contribution in [3.05, 3.63) is 28.8 Å². The molecule has 2 rings (SSSR count). The van der Waals surface area contributed by atoms with E-state index in [1.165, 1.54) is 6.33 Å². The van der Waals surface area contributed by atoms with Crippen molar-refractivity contribution < 1.29 is 0 Å². The Hall–Kier alpha value is -1.47. The third kappa shape index (κ3) is 2.29. The van der Waals surface area contributed by atoms with Crippen LogP contribution >= 0.6 is 15.9 Å². The maximum Gasteiger partial charge on any atom is 0.162 e. The summed E-state index contributed by atoms with van der Waals surface area (Å²) in [6.07, 6.45) is 5.02. The van der Waals surface area contributed by atoms with E-state index in [-0.39, 0.29) is 5.92 Å². The van der Waals surface area contributed by atoms with Gasteiger partial charge in [0.25, 0.3) is 0 Å². The number of hydrogen-bond acceptors (Lipinski definition) is 5. The molecule has 0 unspecified atom stereocenters. The van der Waals surface area contributed by atoms with E-state index in [2.05, 4.69) is 50.3 Å². The highest BCUT2D eigenvalue weighted by Gasteiger charge is 2.16. The van der Waals surface area contributed by atoms with Gasteiger partial charge in [-0.1, -0.05) is 13.8 Å². The first kappa shape index (κ1) is 12.0. The van der Waals surface area contributed by atoms with Gasteiger partial charge in [0, 0.05) is 11.8 Å². The number of hydrazine groups is 1. The summed E-state index contributed by atoms with van der Waals surface area (Å²) in [5.74, 6) is 7.05. The van der Waals surface area contributed by atoms with Crippen LogP contribution in [0.15, 0.2) is 23.2 Å². The van der Waals surface area contributed by atoms with Crippen LogP contribution in [-0.2, 0) is 0 Å². The first-order chi connectivity index (χ1) is 8.13. The summed E-state index contributed by atoms with van der Waals surface area (Å²) >= 11 is 3.36. The Labute approximate surface area is 107 Å². The number of nitrogens with zero attached hydrogens (tertiary/aromatic N) is 4. The highest BCUT2D eigenvalue weighted by Crippen LogP contribution is 2.26. The molecular weight excluding hydrogens is 284 g/mol. The van der Waals surface area contributed by atoms with E-state index in [4.69, 9.17) is 5.84 Å². The average Bonchev–Trinajstić information content (AvgIpc) is 2.74. The smallest absolute Gasteiger partial charge is 0.162 e. The van der Waals surface area contributed by atoms with E-state index in [9.17, 15) is 0 Å². The monoisotopic (exact) mass is 296 g/mol. The van der Waals surface area contributed by atoms with Crippen molar-refractivity contribution in [2.45, 2.75) is 19.8 Å². The molecule has 7 heteroatoms. The van der Waals surface area contributed by atoms with E-state index in [1.807, 2.05) is 6.20 Å². The molecule has 3 N–H and O–H groups in total. The lowest BCUT2D eigenvalue weighted by atomic mass is 10.0. The molecule has 0 fully saturated rings. The van der Waals surface area contributed by atoms with Gasteiger partial charge < -0.3 is 5.43 Å². The first-order valence-corrected chi connectivity index (χ1v) is 5.94. The van der Waals surface area contributed by atoms with E-state index >= 15 is 0 Å². The number of nitrogens with one attached hydrogen (secondary N) is 1. The average molecular weight is 297 g/mol. The van der Waals surface area contributed by atoms with Gasteiger partial charge in [-0.2, -0.15) is 5.10 Å². The fraction of sp³-hybridized carbons (Fsp3) is 0.300. The summed E-state index contributed by atoms with van der Waals surface area (Å²) in [5, 5.41) is 4.22. The van der Waals surface area contributed by atoms with Gasteiger partial charge in [0.1, 0.15) is 12.1 Å². The number of halogens is 1. The highest BCUT2D eigenvalue weighted by atomic mass is 79.9. The zero-order chi connectivity index (χ0) is 12.4. The Morgan fingerprint density at radius 1 is 1.41 bits per heavy atom. The fourth-order valence-corrected chi connectivity index (χ4v) is 1.92. The maximum absolute atomic E-state index is 5.46. The Morgan fingerprint density at radius 3 is 2.71 bits per heavy atom. The molecule has 2 aromatic heterocycles. The number of hydrogen-bond donors (Lipinski definition) is 2. The van der Waals surface area contributed by atoms with E-state index in [0.717, 1.165) is 15.9 Å². The molecule has 0 aliphatic rings. The lowest BCUT2D eigenvalue weighted by Crippen LogP contribution is -2.15. The standard InChI is InChI=1S/C10H13BrN6/c1-6(2)8-9(16-12)13-5-14-10(8)17-4-7(11)3-15-17/h3-6H,12H2,1-2H3,(H,13,14,16). The van der Waals surface area contributed by atoms with Crippen LogP contribution in [0.4, 0.5) is 5.82 Å². The Balaban J connectivity index is 2.60. The van der Waals surface area contributed by atoms with Gasteiger partial charge in [0.05, 0.1) is 10.7 Å². The van der Waals surface area contributed by atoms with Crippen molar-refractivity contribution in [1.29, 1.82) is 0 Å². The van der Waals surface area contributed by atoms with Crippen LogP contribution in [0.3, 0.4) is 0 Å². The Bertz CT molecular complexity index is 521. The molecule has 0 aromatic carbocycles. The molecule has 0 saturated heterocycles. The normalized spacial score (nSPS) is 10.9. The van der Waals surface area contributed by atoms with Gasteiger partial charge in [-0.25, -0.2) is 20.5 Å². The second kappa shape index (κ2) is 4.80. The van der Waals surface area contributed by atoms with Crippen LogP contribution in [0.1, 0.15) is 25.3 Å². The van der Waals surface area contributed by atoms with Crippen molar-refractivity contribution in [3.63, 3.8) is 0 Å². The summed E-state index contributed by atoms with van der Waals surface area (Å²) in [4.78, 5) is 8.38. The summed E-state index contributed by atoms with van der Waals surface area (Å²) in [6.45, 7) is 4.11. The van der Waals surface area contributed by atoms with Crippen LogP contribution in [0.2, 0.25) is 0 Å².